The Morgan fingerprint density at radius 1 is 0.773 bits per heavy atom. The van der Waals surface area contributed by atoms with Gasteiger partial charge in [-0.25, -0.2) is 0 Å². The summed E-state index contributed by atoms with van der Waals surface area (Å²) in [5.74, 6) is 1.02. The Hall–Kier alpha value is -1.30. The molecule has 0 nitrogen and oxygen atoms in total. The molecule has 0 N–H and O–H groups in total. The lowest BCUT2D eigenvalue weighted by Crippen LogP contribution is -1.98. The van der Waals surface area contributed by atoms with E-state index in [4.69, 9.17) is 0 Å². The summed E-state index contributed by atoms with van der Waals surface area (Å²) in [5, 5.41) is 0. The summed E-state index contributed by atoms with van der Waals surface area (Å²) < 4.78 is 0. The van der Waals surface area contributed by atoms with Crippen molar-refractivity contribution < 1.29 is 0 Å². The molecule has 0 radical (unpaired) electrons. The lowest BCUT2D eigenvalue weighted by Gasteiger charge is -2.13. The van der Waals surface area contributed by atoms with Crippen LogP contribution in [0.15, 0.2) is 59.3 Å². The van der Waals surface area contributed by atoms with Crippen molar-refractivity contribution in [3.05, 3.63) is 59.3 Å². The first-order valence-electron chi connectivity index (χ1n) is 8.86. The van der Waals surface area contributed by atoms with Crippen LogP contribution in [0.5, 0.6) is 0 Å². The number of rotatable bonds is 9. The topological polar surface area (TPSA) is 0 Å². The summed E-state index contributed by atoms with van der Waals surface area (Å²) >= 11 is 0. The lowest BCUT2D eigenvalue weighted by molar-refractivity contribution is 0.768. The third-order valence-electron chi connectivity index (χ3n) is 4.32. The van der Waals surface area contributed by atoms with Crippen molar-refractivity contribution in [3.8, 4) is 0 Å². The quantitative estimate of drug-likeness (QED) is 0.307. The molecular weight excluding hydrogens is 264 g/mol. The van der Waals surface area contributed by atoms with Crippen molar-refractivity contribution in [1.82, 2.24) is 0 Å². The van der Waals surface area contributed by atoms with Gasteiger partial charge >= 0.3 is 0 Å². The zero-order valence-corrected chi connectivity index (χ0v) is 15.8. The molecule has 0 aromatic rings. The van der Waals surface area contributed by atoms with Gasteiger partial charge in [0.15, 0.2) is 0 Å². The van der Waals surface area contributed by atoms with Crippen LogP contribution in [-0.2, 0) is 0 Å². The monoisotopic (exact) mass is 300 g/mol. The first-order valence-corrected chi connectivity index (χ1v) is 8.86. The van der Waals surface area contributed by atoms with Crippen LogP contribution in [0.3, 0.4) is 0 Å². The van der Waals surface area contributed by atoms with Crippen molar-refractivity contribution in [2.24, 2.45) is 11.8 Å². The zero-order chi connectivity index (χ0) is 17.0. The van der Waals surface area contributed by atoms with Crippen molar-refractivity contribution in [2.75, 3.05) is 0 Å². The predicted molar refractivity (Wildman–Crippen MR) is 103 cm³/mol. The summed E-state index contributed by atoms with van der Waals surface area (Å²) in [5.41, 5.74) is 4.44. The normalized spacial score (nSPS) is 17.5. The second-order valence-electron chi connectivity index (χ2n) is 6.04. The minimum Gasteiger partial charge on any atom is -0.0877 e. The third-order valence-corrected chi connectivity index (χ3v) is 4.32. The molecule has 0 saturated heterocycles. The van der Waals surface area contributed by atoms with Crippen LogP contribution >= 0.6 is 0 Å². The highest BCUT2D eigenvalue weighted by Gasteiger charge is 2.06. The minimum absolute atomic E-state index is 0.508. The molecule has 0 aliphatic heterocycles. The van der Waals surface area contributed by atoms with Crippen molar-refractivity contribution in [1.29, 1.82) is 0 Å². The van der Waals surface area contributed by atoms with Gasteiger partial charge in [0.1, 0.15) is 0 Å². The molecule has 0 saturated carbocycles. The van der Waals surface area contributed by atoms with Crippen LogP contribution in [0.2, 0.25) is 0 Å². The Bertz CT molecular complexity index is 441. The van der Waals surface area contributed by atoms with Crippen molar-refractivity contribution in [3.63, 3.8) is 0 Å². The van der Waals surface area contributed by atoms with Crippen LogP contribution in [0.25, 0.3) is 0 Å². The molecule has 0 aromatic carbocycles. The van der Waals surface area contributed by atoms with Crippen LogP contribution in [0.4, 0.5) is 0 Å². The van der Waals surface area contributed by atoms with Gasteiger partial charge in [-0.3, -0.25) is 0 Å². The van der Waals surface area contributed by atoms with E-state index in [0.29, 0.717) is 11.8 Å². The fraction of sp³-hybridized carbons (Fsp3) is 0.545. The van der Waals surface area contributed by atoms with Gasteiger partial charge < -0.3 is 0 Å². The smallest absolute Gasteiger partial charge is 0.00484 e. The highest BCUT2D eigenvalue weighted by atomic mass is 14.1. The molecule has 2 atom stereocenters. The van der Waals surface area contributed by atoms with Crippen molar-refractivity contribution >= 4 is 0 Å². The highest BCUT2D eigenvalue weighted by molar-refractivity contribution is 5.23. The molecule has 2 unspecified atom stereocenters. The molecule has 0 aliphatic rings. The number of hydrogen-bond donors (Lipinski definition) is 0. The largest absolute Gasteiger partial charge is 0.0877 e. The molecule has 0 fully saturated rings. The maximum absolute atomic E-state index is 2.37. The Morgan fingerprint density at radius 2 is 1.27 bits per heavy atom. The first-order chi connectivity index (χ1) is 10.5. The molecule has 0 heteroatoms. The molecule has 22 heavy (non-hydrogen) atoms. The van der Waals surface area contributed by atoms with E-state index in [1.807, 2.05) is 0 Å². The fourth-order valence-electron chi connectivity index (χ4n) is 2.35. The number of hydrogen-bond acceptors (Lipinski definition) is 0. The van der Waals surface area contributed by atoms with Gasteiger partial charge in [0.05, 0.1) is 0 Å². The van der Waals surface area contributed by atoms with E-state index < -0.39 is 0 Å². The van der Waals surface area contributed by atoms with Crippen LogP contribution in [-0.4, -0.2) is 0 Å². The molecule has 0 rings (SSSR count). The maximum Gasteiger partial charge on any atom is -0.00484 e. The van der Waals surface area contributed by atoms with Crippen molar-refractivity contribution in [2.45, 2.75) is 67.7 Å². The zero-order valence-electron chi connectivity index (χ0n) is 15.8. The van der Waals surface area contributed by atoms with E-state index in [9.17, 15) is 0 Å². The van der Waals surface area contributed by atoms with Gasteiger partial charge in [0, 0.05) is 0 Å². The molecule has 0 bridgehead atoms. The Kier molecular flexibility index (Phi) is 11.5. The van der Waals surface area contributed by atoms with E-state index in [-0.39, 0.29) is 0 Å². The molecule has 0 spiro atoms. The summed E-state index contributed by atoms with van der Waals surface area (Å²) in [4.78, 5) is 0. The highest BCUT2D eigenvalue weighted by Crippen LogP contribution is 2.21. The van der Waals surface area contributed by atoms with Gasteiger partial charge in [0.2, 0.25) is 0 Å². The molecule has 0 heterocycles. The molecule has 0 aliphatic carbocycles. The van der Waals surface area contributed by atoms with E-state index in [1.54, 1.807) is 0 Å². The van der Waals surface area contributed by atoms with E-state index >= 15 is 0 Å². The molecule has 0 aromatic heterocycles. The Morgan fingerprint density at radius 3 is 1.68 bits per heavy atom. The predicted octanol–water partition coefficient (Wildman–Crippen LogP) is 7.42. The van der Waals surface area contributed by atoms with Gasteiger partial charge in [-0.2, -0.15) is 0 Å². The average Bonchev–Trinajstić information content (AvgIpc) is 2.53. The second kappa shape index (κ2) is 12.3. The Balaban J connectivity index is 4.96. The average molecular weight is 301 g/mol. The third kappa shape index (κ3) is 8.22. The standard InChI is InChI=1S/C22H36/c1-8-12-13-21(10-3)19(6)15-16-20(7)22(11-4)17-14-18(5)9-2/h8,12-17,19-20H,9-11H2,1-7H3/b12-8-,16-15-,18-14+,21-13+,22-17+. The summed E-state index contributed by atoms with van der Waals surface area (Å²) in [7, 11) is 0. The lowest BCUT2D eigenvalue weighted by atomic mass is 9.92. The fourth-order valence-corrected chi connectivity index (χ4v) is 2.35. The van der Waals surface area contributed by atoms with Gasteiger partial charge in [-0.1, -0.05) is 93.9 Å². The van der Waals surface area contributed by atoms with E-state index in [1.165, 1.54) is 16.7 Å². The van der Waals surface area contributed by atoms with Gasteiger partial charge in [-0.05, 0) is 44.9 Å². The summed E-state index contributed by atoms with van der Waals surface area (Å²) in [6, 6.07) is 0. The molecule has 124 valence electrons. The number of allylic oxidation sites excluding steroid dienone is 10. The maximum atomic E-state index is 2.37. The molecule has 0 amide bonds. The SMILES string of the molecule is C/C=C\C=C(/CC)C(C)/C=C\C(C)/C(=C/C=C(\C)CC)CC. The van der Waals surface area contributed by atoms with E-state index in [2.05, 4.69) is 91.0 Å². The minimum atomic E-state index is 0.508. The molecular formula is C22H36. The Labute approximate surface area is 139 Å². The van der Waals surface area contributed by atoms with E-state index in [0.717, 1.165) is 19.3 Å². The van der Waals surface area contributed by atoms with Crippen LogP contribution in [0.1, 0.15) is 67.7 Å². The van der Waals surface area contributed by atoms with Gasteiger partial charge in [0.25, 0.3) is 0 Å². The first kappa shape index (κ1) is 20.7. The van der Waals surface area contributed by atoms with Crippen LogP contribution < -0.4 is 0 Å². The van der Waals surface area contributed by atoms with Crippen LogP contribution in [0, 0.1) is 11.8 Å². The summed E-state index contributed by atoms with van der Waals surface area (Å²) in [6.45, 7) is 15.5. The second-order valence-corrected chi connectivity index (χ2v) is 6.04. The van der Waals surface area contributed by atoms with Gasteiger partial charge in [-0.15, -0.1) is 0 Å². The summed E-state index contributed by atoms with van der Waals surface area (Å²) in [6.07, 6.45) is 19.2.